The van der Waals surface area contributed by atoms with E-state index in [-0.39, 0.29) is 17.5 Å². The Morgan fingerprint density at radius 2 is 1.52 bits per heavy atom. The molecule has 0 aliphatic carbocycles. The summed E-state index contributed by atoms with van der Waals surface area (Å²) in [7, 11) is -4.00. The topological polar surface area (TPSA) is 66.5 Å². The molecule has 0 unspecified atom stereocenters. The zero-order valence-electron chi connectivity index (χ0n) is 19.3. The van der Waals surface area contributed by atoms with E-state index < -0.39 is 15.9 Å². The second-order valence-electron chi connectivity index (χ2n) is 8.15. The normalized spacial score (nSPS) is 12.3. The van der Waals surface area contributed by atoms with Gasteiger partial charge in [0.05, 0.1) is 16.6 Å². The van der Waals surface area contributed by atoms with Crippen LogP contribution in [0.15, 0.2) is 71.6 Å². The molecule has 0 aliphatic rings. The maximum absolute atomic E-state index is 13.6. The van der Waals surface area contributed by atoms with Crippen LogP contribution in [0, 0.1) is 20.8 Å². The zero-order chi connectivity index (χ0) is 24.2. The summed E-state index contributed by atoms with van der Waals surface area (Å²) in [5.41, 5.74) is 4.02. The summed E-state index contributed by atoms with van der Waals surface area (Å²) in [6, 6.07) is 19.3. The van der Waals surface area contributed by atoms with Gasteiger partial charge in [-0.25, -0.2) is 8.42 Å². The highest BCUT2D eigenvalue weighted by Gasteiger charge is 2.29. The molecule has 3 aromatic rings. The van der Waals surface area contributed by atoms with E-state index in [1.54, 1.807) is 49.4 Å². The summed E-state index contributed by atoms with van der Waals surface area (Å²) < 4.78 is 28.4. The number of hydrogen-bond donors (Lipinski definition) is 1. The first-order valence-corrected chi connectivity index (χ1v) is 12.7. The Morgan fingerprint density at radius 1 is 0.939 bits per heavy atom. The molecule has 3 rings (SSSR count). The molecule has 0 aromatic heterocycles. The van der Waals surface area contributed by atoms with Crippen molar-refractivity contribution >= 4 is 33.2 Å². The predicted molar refractivity (Wildman–Crippen MR) is 134 cm³/mol. The minimum absolute atomic E-state index is 0.117. The molecule has 33 heavy (non-hydrogen) atoms. The highest BCUT2D eigenvalue weighted by atomic mass is 35.5. The quantitative estimate of drug-likeness (QED) is 0.444. The van der Waals surface area contributed by atoms with Crippen molar-refractivity contribution in [2.75, 3.05) is 10.8 Å². The van der Waals surface area contributed by atoms with Crippen LogP contribution in [0.4, 0.5) is 5.69 Å². The smallest absolute Gasteiger partial charge is 0.264 e. The lowest BCUT2D eigenvalue weighted by Gasteiger charge is -2.27. The van der Waals surface area contributed by atoms with Gasteiger partial charge in [-0.3, -0.25) is 9.10 Å². The van der Waals surface area contributed by atoms with Gasteiger partial charge in [0.25, 0.3) is 10.0 Å². The van der Waals surface area contributed by atoms with Gasteiger partial charge in [-0.05, 0) is 62.6 Å². The molecule has 5 nitrogen and oxygen atoms in total. The van der Waals surface area contributed by atoms with Crippen molar-refractivity contribution in [2.45, 2.75) is 45.1 Å². The van der Waals surface area contributed by atoms with Crippen LogP contribution >= 0.6 is 11.6 Å². The number of nitrogens with zero attached hydrogens (tertiary/aromatic N) is 1. The van der Waals surface area contributed by atoms with Crippen molar-refractivity contribution in [1.29, 1.82) is 0 Å². The van der Waals surface area contributed by atoms with Crippen molar-refractivity contribution in [2.24, 2.45) is 0 Å². The number of sulfonamides is 1. The summed E-state index contributed by atoms with van der Waals surface area (Å²) in [5, 5.41) is 3.42. The minimum Gasteiger partial charge on any atom is -0.348 e. The van der Waals surface area contributed by atoms with Crippen LogP contribution in [-0.4, -0.2) is 20.9 Å². The molecule has 0 fully saturated rings. The van der Waals surface area contributed by atoms with Crippen LogP contribution in [0.3, 0.4) is 0 Å². The van der Waals surface area contributed by atoms with Crippen LogP contribution in [0.25, 0.3) is 0 Å². The second-order valence-corrected chi connectivity index (χ2v) is 10.4. The average Bonchev–Trinajstić information content (AvgIpc) is 2.79. The van der Waals surface area contributed by atoms with Crippen LogP contribution in [0.2, 0.25) is 5.02 Å². The Bertz CT molecular complexity index is 1220. The number of rotatable bonds is 8. The standard InChI is InChI=1S/C26H29ClN2O3S/c1-5-24(21-13-9-18(2)10-14-21)28-26(30)17-29(25-8-6-7-23(27)20(25)4)33(31,32)22-15-11-19(3)12-16-22/h6-16,24H,5,17H2,1-4H3,(H,28,30)/t24-/m0/s1. The van der Waals surface area contributed by atoms with E-state index in [1.165, 1.54) is 0 Å². The molecule has 0 spiro atoms. The summed E-state index contributed by atoms with van der Waals surface area (Å²) >= 11 is 6.29. The first kappa shape index (κ1) is 24.8. The van der Waals surface area contributed by atoms with Gasteiger partial charge < -0.3 is 5.32 Å². The van der Waals surface area contributed by atoms with E-state index in [4.69, 9.17) is 11.6 Å². The van der Waals surface area contributed by atoms with Gasteiger partial charge in [0, 0.05) is 5.02 Å². The van der Waals surface area contributed by atoms with Gasteiger partial charge in [0.15, 0.2) is 0 Å². The van der Waals surface area contributed by atoms with E-state index in [0.717, 1.165) is 21.0 Å². The average molecular weight is 485 g/mol. The molecule has 0 bridgehead atoms. The number of amides is 1. The van der Waals surface area contributed by atoms with Gasteiger partial charge in [-0.2, -0.15) is 0 Å². The van der Waals surface area contributed by atoms with E-state index in [0.29, 0.717) is 22.7 Å². The molecule has 1 N–H and O–H groups in total. The zero-order valence-corrected chi connectivity index (χ0v) is 20.9. The lowest BCUT2D eigenvalue weighted by Crippen LogP contribution is -2.42. The Kier molecular flexibility index (Phi) is 7.82. The van der Waals surface area contributed by atoms with Gasteiger partial charge >= 0.3 is 0 Å². The summed E-state index contributed by atoms with van der Waals surface area (Å²) in [5.74, 6) is -0.391. The number of anilines is 1. The van der Waals surface area contributed by atoms with Crippen molar-refractivity contribution < 1.29 is 13.2 Å². The van der Waals surface area contributed by atoms with E-state index in [9.17, 15) is 13.2 Å². The van der Waals surface area contributed by atoms with E-state index in [2.05, 4.69) is 5.32 Å². The summed E-state index contributed by atoms with van der Waals surface area (Å²) in [4.78, 5) is 13.2. The van der Waals surface area contributed by atoms with Gasteiger partial charge in [-0.1, -0.05) is 72.1 Å². The maximum atomic E-state index is 13.6. The van der Waals surface area contributed by atoms with Crippen LogP contribution < -0.4 is 9.62 Å². The first-order valence-electron chi connectivity index (χ1n) is 10.8. The number of carbonyl (C=O) groups excluding carboxylic acids is 1. The molecule has 0 saturated heterocycles. The largest absolute Gasteiger partial charge is 0.348 e. The Morgan fingerprint density at radius 3 is 2.09 bits per heavy atom. The fraction of sp³-hybridized carbons (Fsp3) is 0.269. The maximum Gasteiger partial charge on any atom is 0.264 e. The lowest BCUT2D eigenvalue weighted by atomic mass is 10.0. The highest BCUT2D eigenvalue weighted by Crippen LogP contribution is 2.31. The third kappa shape index (κ3) is 5.75. The molecule has 0 radical (unpaired) electrons. The van der Waals surface area contributed by atoms with Crippen LogP contribution in [0.1, 0.15) is 41.6 Å². The fourth-order valence-electron chi connectivity index (χ4n) is 3.59. The second kappa shape index (κ2) is 10.4. The molecular weight excluding hydrogens is 456 g/mol. The van der Waals surface area contributed by atoms with Crippen molar-refractivity contribution in [3.63, 3.8) is 0 Å². The Hall–Kier alpha value is -2.83. The Labute approximate surface area is 201 Å². The summed E-state index contributed by atoms with van der Waals surface area (Å²) in [6.45, 7) is 7.25. The van der Waals surface area contributed by atoms with Crippen molar-refractivity contribution in [3.05, 3.63) is 94.0 Å². The molecule has 7 heteroatoms. The lowest BCUT2D eigenvalue weighted by molar-refractivity contribution is -0.120. The van der Waals surface area contributed by atoms with Crippen LogP contribution in [-0.2, 0) is 14.8 Å². The number of carbonyl (C=O) groups is 1. The van der Waals surface area contributed by atoms with E-state index in [1.807, 2.05) is 45.0 Å². The van der Waals surface area contributed by atoms with Crippen molar-refractivity contribution in [3.8, 4) is 0 Å². The molecule has 3 aromatic carbocycles. The number of nitrogens with one attached hydrogen (secondary N) is 1. The third-order valence-corrected chi connectivity index (χ3v) is 7.81. The molecule has 0 heterocycles. The molecule has 0 saturated carbocycles. The fourth-order valence-corrected chi connectivity index (χ4v) is 5.24. The number of aryl methyl sites for hydroxylation is 2. The third-order valence-electron chi connectivity index (χ3n) is 5.63. The number of halogens is 1. The first-order chi connectivity index (χ1) is 15.6. The van der Waals surface area contributed by atoms with Crippen molar-refractivity contribution in [1.82, 2.24) is 5.32 Å². The highest BCUT2D eigenvalue weighted by molar-refractivity contribution is 7.92. The van der Waals surface area contributed by atoms with Crippen LogP contribution in [0.5, 0.6) is 0 Å². The SMILES string of the molecule is CC[C@H](NC(=O)CN(c1cccc(Cl)c1C)S(=O)(=O)c1ccc(C)cc1)c1ccc(C)cc1. The number of hydrogen-bond acceptors (Lipinski definition) is 3. The monoisotopic (exact) mass is 484 g/mol. The molecule has 0 aliphatic heterocycles. The van der Waals surface area contributed by atoms with E-state index >= 15 is 0 Å². The van der Waals surface area contributed by atoms with Gasteiger partial charge in [0.1, 0.15) is 6.54 Å². The Balaban J connectivity index is 1.95. The van der Waals surface area contributed by atoms with Gasteiger partial charge in [0.2, 0.25) is 5.91 Å². The van der Waals surface area contributed by atoms with Gasteiger partial charge in [-0.15, -0.1) is 0 Å². The molecular formula is C26H29ClN2O3S. The predicted octanol–water partition coefficient (Wildman–Crippen LogP) is 5.73. The minimum atomic E-state index is -4.00. The molecule has 1 amide bonds. The summed E-state index contributed by atoms with van der Waals surface area (Å²) in [6.07, 6.45) is 0.676. The molecule has 1 atom stereocenters. The molecule has 174 valence electrons. The number of benzene rings is 3.